The molecule has 0 aromatic heterocycles. The van der Waals surface area contributed by atoms with Crippen LogP contribution >= 0.6 is 11.6 Å². The Morgan fingerprint density at radius 2 is 1.14 bits per heavy atom. The standard InChI is InChI=1S/C34H29ClN2/c1-33(2)26-17-7-5-11-20(26)22-13-9-15-24(30(22)33)28-19-29(35)37-32(36-28)25-16-10-14-23-21-12-6-8-18-27(21)34(3,4)31(23)25/h5-19,32,37H,1-4H3. The summed E-state index contributed by atoms with van der Waals surface area (Å²) >= 11 is 6.80. The molecule has 0 spiro atoms. The first-order valence-corrected chi connectivity index (χ1v) is 13.3. The van der Waals surface area contributed by atoms with E-state index < -0.39 is 0 Å². The molecule has 37 heavy (non-hydrogen) atoms. The summed E-state index contributed by atoms with van der Waals surface area (Å²) in [6.07, 6.45) is 1.72. The van der Waals surface area contributed by atoms with Crippen molar-refractivity contribution < 1.29 is 0 Å². The van der Waals surface area contributed by atoms with E-state index in [1.807, 2.05) is 6.08 Å². The highest BCUT2D eigenvalue weighted by molar-refractivity contribution is 6.32. The lowest BCUT2D eigenvalue weighted by Crippen LogP contribution is -2.28. The molecule has 3 aliphatic rings. The zero-order valence-electron chi connectivity index (χ0n) is 21.6. The lowest BCUT2D eigenvalue weighted by atomic mass is 9.78. The Hall–Kier alpha value is -3.62. The van der Waals surface area contributed by atoms with Crippen LogP contribution in [0.15, 0.2) is 101 Å². The Kier molecular flexibility index (Phi) is 4.69. The van der Waals surface area contributed by atoms with Crippen molar-refractivity contribution in [2.45, 2.75) is 44.7 Å². The fraction of sp³-hybridized carbons (Fsp3) is 0.206. The molecule has 0 amide bonds. The molecule has 1 aliphatic heterocycles. The second-order valence-electron chi connectivity index (χ2n) is 11.4. The van der Waals surface area contributed by atoms with Crippen molar-refractivity contribution in [1.29, 1.82) is 0 Å². The van der Waals surface area contributed by atoms with Gasteiger partial charge in [0, 0.05) is 22.0 Å². The van der Waals surface area contributed by atoms with E-state index >= 15 is 0 Å². The van der Waals surface area contributed by atoms with Crippen LogP contribution in [-0.4, -0.2) is 5.71 Å². The van der Waals surface area contributed by atoms with E-state index in [0.29, 0.717) is 5.16 Å². The number of aliphatic imine (C=N–C) groups is 1. The number of benzene rings is 4. The van der Waals surface area contributed by atoms with E-state index in [9.17, 15) is 0 Å². The molecule has 0 saturated carbocycles. The fourth-order valence-electron chi connectivity index (χ4n) is 6.97. The number of halogens is 1. The first-order valence-electron chi connectivity index (χ1n) is 13.0. The molecule has 0 saturated heterocycles. The summed E-state index contributed by atoms with van der Waals surface area (Å²) < 4.78 is 0. The monoisotopic (exact) mass is 500 g/mol. The van der Waals surface area contributed by atoms with Gasteiger partial charge >= 0.3 is 0 Å². The van der Waals surface area contributed by atoms with Crippen LogP contribution < -0.4 is 5.32 Å². The molecule has 4 aromatic rings. The van der Waals surface area contributed by atoms with Gasteiger partial charge in [0.15, 0.2) is 0 Å². The molecule has 1 heterocycles. The number of rotatable bonds is 2. The van der Waals surface area contributed by atoms with Gasteiger partial charge in [-0.05, 0) is 50.6 Å². The Labute approximate surface area is 223 Å². The van der Waals surface area contributed by atoms with E-state index in [-0.39, 0.29) is 17.0 Å². The molecule has 3 heteroatoms. The topological polar surface area (TPSA) is 24.4 Å². The zero-order valence-corrected chi connectivity index (χ0v) is 22.3. The maximum Gasteiger partial charge on any atom is 0.146 e. The first kappa shape index (κ1) is 22.6. The third-order valence-electron chi connectivity index (χ3n) is 8.57. The first-order chi connectivity index (χ1) is 17.8. The van der Waals surface area contributed by atoms with Crippen molar-refractivity contribution in [3.05, 3.63) is 130 Å². The van der Waals surface area contributed by atoms with Crippen molar-refractivity contribution >= 4 is 17.3 Å². The summed E-state index contributed by atoms with van der Waals surface area (Å²) in [6, 6.07) is 30.7. The molecule has 0 bridgehead atoms. The molecular weight excluding hydrogens is 472 g/mol. The summed E-state index contributed by atoms with van der Waals surface area (Å²) in [6.45, 7) is 9.26. The molecule has 1 unspecified atom stereocenters. The highest BCUT2D eigenvalue weighted by Gasteiger charge is 2.40. The van der Waals surface area contributed by atoms with Gasteiger partial charge < -0.3 is 5.32 Å². The minimum atomic E-state index is -0.265. The number of hydrogen-bond acceptors (Lipinski definition) is 2. The number of nitrogens with one attached hydrogen (secondary N) is 1. The van der Waals surface area contributed by atoms with E-state index in [4.69, 9.17) is 16.6 Å². The molecular formula is C34H29ClN2. The quantitative estimate of drug-likeness (QED) is 0.274. The Morgan fingerprint density at radius 1 is 0.622 bits per heavy atom. The minimum Gasteiger partial charge on any atom is -0.351 e. The average Bonchev–Trinajstić information content (AvgIpc) is 3.29. The highest BCUT2D eigenvalue weighted by atomic mass is 35.5. The van der Waals surface area contributed by atoms with Crippen molar-refractivity contribution in [1.82, 2.24) is 5.32 Å². The Balaban J connectivity index is 1.40. The van der Waals surface area contributed by atoms with Crippen molar-refractivity contribution in [2.24, 2.45) is 4.99 Å². The number of allylic oxidation sites excluding steroid dienone is 1. The summed E-state index contributed by atoms with van der Waals surface area (Å²) in [5.41, 5.74) is 13.6. The maximum atomic E-state index is 6.80. The van der Waals surface area contributed by atoms with Gasteiger partial charge in [0.1, 0.15) is 11.3 Å². The maximum absolute atomic E-state index is 6.80. The van der Waals surface area contributed by atoms with E-state index in [1.165, 1.54) is 50.1 Å². The van der Waals surface area contributed by atoms with Gasteiger partial charge in [-0.15, -0.1) is 0 Å². The van der Waals surface area contributed by atoms with Crippen LogP contribution in [0, 0.1) is 0 Å². The molecule has 182 valence electrons. The van der Waals surface area contributed by atoms with E-state index in [1.54, 1.807) is 0 Å². The molecule has 0 fully saturated rings. The summed E-state index contributed by atoms with van der Waals surface area (Å²) in [5.74, 6) is 0. The van der Waals surface area contributed by atoms with Crippen LogP contribution in [0.5, 0.6) is 0 Å². The molecule has 1 N–H and O–H groups in total. The zero-order chi connectivity index (χ0) is 25.5. The van der Waals surface area contributed by atoms with Crippen LogP contribution in [0.3, 0.4) is 0 Å². The predicted octanol–water partition coefficient (Wildman–Crippen LogP) is 8.47. The molecule has 0 radical (unpaired) electrons. The summed E-state index contributed by atoms with van der Waals surface area (Å²) in [5, 5.41) is 4.09. The second-order valence-corrected chi connectivity index (χ2v) is 11.8. The van der Waals surface area contributed by atoms with Crippen LogP contribution in [0.25, 0.3) is 22.3 Å². The minimum absolute atomic E-state index is 0.120. The van der Waals surface area contributed by atoms with Crippen LogP contribution in [0.4, 0.5) is 0 Å². The van der Waals surface area contributed by atoms with E-state index in [0.717, 1.165) is 11.3 Å². The van der Waals surface area contributed by atoms with Gasteiger partial charge in [-0.25, -0.2) is 0 Å². The fourth-order valence-corrected chi connectivity index (χ4v) is 7.18. The third kappa shape index (κ3) is 3.09. The summed E-state index contributed by atoms with van der Waals surface area (Å²) in [7, 11) is 0. The van der Waals surface area contributed by atoms with Crippen LogP contribution in [0.1, 0.15) is 67.2 Å². The molecule has 2 aliphatic carbocycles. The van der Waals surface area contributed by atoms with Gasteiger partial charge in [-0.1, -0.05) is 124 Å². The molecule has 4 aromatic carbocycles. The van der Waals surface area contributed by atoms with Crippen LogP contribution in [-0.2, 0) is 10.8 Å². The normalized spacial score (nSPS) is 19.6. The lowest BCUT2D eigenvalue weighted by molar-refractivity contribution is 0.595. The SMILES string of the molecule is CC1(C)c2ccccc2-c2cccc(C3=NC(c4cccc5c4C(C)(C)c4ccccc4-5)NC(Cl)=C3)c21. The highest BCUT2D eigenvalue weighted by Crippen LogP contribution is 2.52. The second kappa shape index (κ2) is 7.69. The van der Waals surface area contributed by atoms with Gasteiger partial charge in [-0.2, -0.15) is 0 Å². The number of nitrogens with zero attached hydrogens (tertiary/aromatic N) is 1. The lowest BCUT2D eigenvalue weighted by Gasteiger charge is -2.30. The number of hydrogen-bond donors (Lipinski definition) is 1. The van der Waals surface area contributed by atoms with Crippen molar-refractivity contribution in [3.8, 4) is 22.3 Å². The molecule has 7 rings (SSSR count). The van der Waals surface area contributed by atoms with Gasteiger partial charge in [-0.3, -0.25) is 4.99 Å². The van der Waals surface area contributed by atoms with E-state index in [2.05, 4.69) is 118 Å². The summed E-state index contributed by atoms with van der Waals surface area (Å²) in [4.78, 5) is 5.33. The van der Waals surface area contributed by atoms with Crippen LogP contribution in [0.2, 0.25) is 0 Å². The van der Waals surface area contributed by atoms with Gasteiger partial charge in [0.25, 0.3) is 0 Å². The third-order valence-corrected chi connectivity index (χ3v) is 8.79. The molecule has 2 nitrogen and oxygen atoms in total. The Bertz CT molecular complexity index is 1670. The van der Waals surface area contributed by atoms with Gasteiger partial charge in [0.05, 0.1) is 5.71 Å². The molecule has 1 atom stereocenters. The smallest absolute Gasteiger partial charge is 0.146 e. The van der Waals surface area contributed by atoms with Crippen molar-refractivity contribution in [3.63, 3.8) is 0 Å². The predicted molar refractivity (Wildman–Crippen MR) is 154 cm³/mol. The Morgan fingerprint density at radius 3 is 1.81 bits per heavy atom. The van der Waals surface area contributed by atoms with Gasteiger partial charge in [0.2, 0.25) is 0 Å². The average molecular weight is 501 g/mol. The largest absolute Gasteiger partial charge is 0.351 e. The number of fused-ring (bicyclic) bond motifs is 6. The van der Waals surface area contributed by atoms with Crippen molar-refractivity contribution in [2.75, 3.05) is 0 Å².